The van der Waals surface area contributed by atoms with Crippen molar-refractivity contribution >= 4 is 23.3 Å². The quantitative estimate of drug-likeness (QED) is 0.657. The average molecular weight is 398 g/mol. The van der Waals surface area contributed by atoms with Gasteiger partial charge in [-0.25, -0.2) is 0 Å². The van der Waals surface area contributed by atoms with Crippen LogP contribution < -0.4 is 19.7 Å². The third-order valence-electron chi connectivity index (χ3n) is 4.44. The van der Waals surface area contributed by atoms with E-state index in [0.29, 0.717) is 29.3 Å². The number of benzene rings is 2. The monoisotopic (exact) mass is 398 g/mol. The van der Waals surface area contributed by atoms with Gasteiger partial charge in [-0.1, -0.05) is 18.2 Å². The molecule has 7 heteroatoms. The van der Waals surface area contributed by atoms with Gasteiger partial charge in [0, 0.05) is 37.7 Å². The highest BCUT2D eigenvalue weighted by atomic mass is 16.5. The minimum Gasteiger partial charge on any atom is -0.493 e. The number of hydrogen-bond acceptors (Lipinski definition) is 5. The van der Waals surface area contributed by atoms with Crippen LogP contribution in [0.3, 0.4) is 0 Å². The number of Topliss-reactive ketones (excluding diaryl/α,β-unsaturated/α-hetero) is 1. The van der Waals surface area contributed by atoms with Crippen molar-refractivity contribution in [3.8, 4) is 11.5 Å². The zero-order valence-corrected chi connectivity index (χ0v) is 17.2. The zero-order chi connectivity index (χ0) is 21.4. The van der Waals surface area contributed by atoms with E-state index in [2.05, 4.69) is 5.32 Å². The van der Waals surface area contributed by atoms with Gasteiger partial charge in [-0.2, -0.15) is 0 Å². The molecule has 2 amide bonds. The van der Waals surface area contributed by atoms with Crippen molar-refractivity contribution < 1.29 is 23.9 Å². The zero-order valence-electron chi connectivity index (χ0n) is 17.2. The first-order valence-corrected chi connectivity index (χ1v) is 9.22. The van der Waals surface area contributed by atoms with Gasteiger partial charge in [0.2, 0.25) is 11.8 Å². The van der Waals surface area contributed by atoms with Crippen molar-refractivity contribution in [3.05, 3.63) is 53.6 Å². The number of anilines is 1. The van der Waals surface area contributed by atoms with Crippen molar-refractivity contribution in [2.24, 2.45) is 0 Å². The van der Waals surface area contributed by atoms with Crippen LogP contribution in [-0.2, 0) is 16.1 Å². The molecule has 0 atom stereocenters. The fraction of sp³-hybridized carbons (Fsp3) is 0.318. The van der Waals surface area contributed by atoms with Gasteiger partial charge in [0.05, 0.1) is 14.2 Å². The second-order valence-electron chi connectivity index (χ2n) is 6.49. The normalized spacial score (nSPS) is 10.2. The number of nitrogens with zero attached hydrogens (tertiary/aromatic N) is 1. The van der Waals surface area contributed by atoms with Crippen molar-refractivity contribution in [1.29, 1.82) is 0 Å². The highest BCUT2D eigenvalue weighted by Crippen LogP contribution is 2.27. The molecule has 154 valence electrons. The summed E-state index contributed by atoms with van der Waals surface area (Å²) in [5.41, 5.74) is 1.98. The predicted molar refractivity (Wildman–Crippen MR) is 110 cm³/mol. The summed E-state index contributed by atoms with van der Waals surface area (Å²) in [7, 11) is 3.11. The molecular formula is C22H26N2O5. The number of amides is 2. The van der Waals surface area contributed by atoms with Gasteiger partial charge in [-0.3, -0.25) is 14.4 Å². The minimum absolute atomic E-state index is 0.0805. The van der Waals surface area contributed by atoms with Crippen molar-refractivity contribution in [1.82, 2.24) is 5.32 Å². The minimum atomic E-state index is -0.196. The van der Waals surface area contributed by atoms with Gasteiger partial charge in [0.15, 0.2) is 17.3 Å². The molecule has 0 radical (unpaired) electrons. The highest BCUT2D eigenvalue weighted by molar-refractivity contribution is 5.97. The number of carbonyl (C=O) groups is 3. The molecule has 0 aliphatic heterocycles. The standard InChI is InChI=1S/C22H26N2O5/c1-15(25)18-6-5-7-19(13-18)24(16(2)26)11-10-22(27)23-14-17-8-9-20(28-3)21(12-17)29-4/h5-9,12-13H,10-11,14H2,1-4H3,(H,23,27). The molecule has 0 saturated heterocycles. The fourth-order valence-corrected chi connectivity index (χ4v) is 2.85. The van der Waals surface area contributed by atoms with Crippen LogP contribution in [0, 0.1) is 0 Å². The molecule has 0 fully saturated rings. The molecule has 0 heterocycles. The Labute approximate surface area is 170 Å². The first-order valence-electron chi connectivity index (χ1n) is 9.22. The molecule has 0 aromatic heterocycles. The topological polar surface area (TPSA) is 84.9 Å². The first kappa shape index (κ1) is 21.9. The Kier molecular flexibility index (Phi) is 7.77. The van der Waals surface area contributed by atoms with Crippen LogP contribution in [0.4, 0.5) is 5.69 Å². The van der Waals surface area contributed by atoms with Crippen LogP contribution in [0.15, 0.2) is 42.5 Å². The molecule has 2 rings (SSSR count). The fourth-order valence-electron chi connectivity index (χ4n) is 2.85. The Balaban J connectivity index is 1.96. The lowest BCUT2D eigenvalue weighted by Gasteiger charge is -2.21. The summed E-state index contributed by atoms with van der Waals surface area (Å²) in [5.74, 6) is 0.745. The first-order chi connectivity index (χ1) is 13.8. The molecule has 0 saturated carbocycles. The van der Waals surface area contributed by atoms with Gasteiger partial charge in [-0.05, 0) is 36.8 Å². The molecule has 0 aliphatic carbocycles. The van der Waals surface area contributed by atoms with Crippen molar-refractivity contribution in [3.63, 3.8) is 0 Å². The van der Waals surface area contributed by atoms with E-state index in [4.69, 9.17) is 9.47 Å². The van der Waals surface area contributed by atoms with Crippen LogP contribution in [0.5, 0.6) is 11.5 Å². The summed E-state index contributed by atoms with van der Waals surface area (Å²) < 4.78 is 10.5. The summed E-state index contributed by atoms with van der Waals surface area (Å²) in [4.78, 5) is 37.4. The van der Waals surface area contributed by atoms with Crippen LogP contribution in [-0.4, -0.2) is 38.4 Å². The Hall–Kier alpha value is -3.35. The second-order valence-corrected chi connectivity index (χ2v) is 6.49. The van der Waals surface area contributed by atoms with Gasteiger partial charge in [0.1, 0.15) is 0 Å². The summed E-state index contributed by atoms with van der Waals surface area (Å²) in [6, 6.07) is 12.2. The number of nitrogens with one attached hydrogen (secondary N) is 1. The van der Waals surface area contributed by atoms with Gasteiger partial charge in [-0.15, -0.1) is 0 Å². The number of carbonyl (C=O) groups excluding carboxylic acids is 3. The predicted octanol–water partition coefficient (Wildman–Crippen LogP) is 2.97. The average Bonchev–Trinajstić information content (AvgIpc) is 2.72. The number of methoxy groups -OCH3 is 2. The molecular weight excluding hydrogens is 372 g/mol. The summed E-state index contributed by atoms with van der Waals surface area (Å²) in [6.07, 6.45) is 0.136. The van der Waals surface area contributed by atoms with Gasteiger partial charge >= 0.3 is 0 Å². The highest BCUT2D eigenvalue weighted by Gasteiger charge is 2.15. The van der Waals surface area contributed by atoms with E-state index >= 15 is 0 Å². The molecule has 0 bridgehead atoms. The molecule has 1 N–H and O–H groups in total. The Morgan fingerprint density at radius 3 is 2.31 bits per heavy atom. The van der Waals surface area contributed by atoms with E-state index in [1.54, 1.807) is 50.6 Å². The molecule has 0 aliphatic rings. The molecule has 7 nitrogen and oxygen atoms in total. The molecule has 2 aromatic rings. The molecule has 0 unspecified atom stereocenters. The number of hydrogen-bond donors (Lipinski definition) is 1. The van der Waals surface area contributed by atoms with Gasteiger partial charge < -0.3 is 19.7 Å². The number of rotatable bonds is 9. The van der Waals surface area contributed by atoms with Gasteiger partial charge in [0.25, 0.3) is 0 Å². The summed E-state index contributed by atoms with van der Waals surface area (Å²) in [5, 5.41) is 2.84. The second kappa shape index (κ2) is 10.3. The van der Waals surface area contributed by atoms with Crippen LogP contribution in [0.25, 0.3) is 0 Å². The number of ketones is 1. The van der Waals surface area contributed by atoms with Crippen LogP contribution >= 0.6 is 0 Å². The summed E-state index contributed by atoms with van der Waals surface area (Å²) >= 11 is 0. The maximum atomic E-state index is 12.3. The maximum absolute atomic E-state index is 12.3. The largest absolute Gasteiger partial charge is 0.493 e. The van der Waals surface area contributed by atoms with Crippen LogP contribution in [0.1, 0.15) is 36.2 Å². The molecule has 0 spiro atoms. The SMILES string of the molecule is COc1ccc(CNC(=O)CCN(C(C)=O)c2cccc(C(C)=O)c2)cc1OC. The van der Waals surface area contributed by atoms with E-state index in [1.807, 2.05) is 6.07 Å². The number of ether oxygens (including phenoxy) is 2. The van der Waals surface area contributed by atoms with E-state index in [1.165, 1.54) is 18.7 Å². The van der Waals surface area contributed by atoms with Crippen molar-refractivity contribution in [2.75, 3.05) is 25.7 Å². The summed E-state index contributed by atoms with van der Waals surface area (Å²) in [6.45, 7) is 3.45. The Morgan fingerprint density at radius 1 is 0.966 bits per heavy atom. The Bertz CT molecular complexity index is 895. The third-order valence-corrected chi connectivity index (χ3v) is 4.44. The van der Waals surface area contributed by atoms with E-state index in [9.17, 15) is 14.4 Å². The van der Waals surface area contributed by atoms with E-state index < -0.39 is 0 Å². The van der Waals surface area contributed by atoms with E-state index in [0.717, 1.165) is 5.56 Å². The van der Waals surface area contributed by atoms with Crippen molar-refractivity contribution in [2.45, 2.75) is 26.8 Å². The molecule has 29 heavy (non-hydrogen) atoms. The lowest BCUT2D eigenvalue weighted by Crippen LogP contribution is -2.33. The Morgan fingerprint density at radius 2 is 1.69 bits per heavy atom. The van der Waals surface area contributed by atoms with Crippen LogP contribution in [0.2, 0.25) is 0 Å². The third kappa shape index (κ3) is 6.07. The lowest BCUT2D eigenvalue weighted by atomic mass is 10.1. The van der Waals surface area contributed by atoms with E-state index in [-0.39, 0.29) is 30.6 Å². The smallest absolute Gasteiger partial charge is 0.223 e. The lowest BCUT2D eigenvalue weighted by molar-refractivity contribution is -0.121. The molecule has 2 aromatic carbocycles. The maximum Gasteiger partial charge on any atom is 0.223 e.